The Hall–Kier alpha value is -3.25. The molecule has 1 amide bonds. The molecule has 1 N–H and O–H groups in total. The lowest BCUT2D eigenvalue weighted by atomic mass is 9.85. The molecule has 0 saturated carbocycles. The molecule has 2 aliphatic rings. The summed E-state index contributed by atoms with van der Waals surface area (Å²) in [4.78, 5) is 26.9. The van der Waals surface area contributed by atoms with Gasteiger partial charge in [-0.3, -0.25) is 4.79 Å². The van der Waals surface area contributed by atoms with Gasteiger partial charge in [-0.25, -0.2) is 9.97 Å². The summed E-state index contributed by atoms with van der Waals surface area (Å²) in [5.41, 5.74) is 5.96. The fourth-order valence-electron chi connectivity index (χ4n) is 5.39. The van der Waals surface area contributed by atoms with Gasteiger partial charge in [-0.05, 0) is 75.9 Å². The summed E-state index contributed by atoms with van der Waals surface area (Å²) in [5.74, 6) is 2.07. The molecule has 0 spiro atoms. The number of benzene rings is 2. The average molecular weight is 484 g/mol. The van der Waals surface area contributed by atoms with Crippen molar-refractivity contribution in [1.82, 2.24) is 19.8 Å². The highest BCUT2D eigenvalue weighted by Crippen LogP contribution is 2.34. The lowest BCUT2D eigenvalue weighted by Crippen LogP contribution is -2.49. The molecule has 3 aromatic rings. The topological polar surface area (TPSA) is 61.4 Å². The number of hydrogen-bond donors (Lipinski definition) is 1. The third-order valence-corrected chi connectivity index (χ3v) is 7.65. The van der Waals surface area contributed by atoms with Gasteiger partial charge in [0.1, 0.15) is 11.6 Å². The second kappa shape index (κ2) is 10.4. The Balaban J connectivity index is 1.35. The minimum Gasteiger partial charge on any atom is -0.363 e. The maximum absolute atomic E-state index is 13.0. The van der Waals surface area contributed by atoms with Gasteiger partial charge >= 0.3 is 0 Å². The van der Waals surface area contributed by atoms with Gasteiger partial charge in [0.2, 0.25) is 5.91 Å². The van der Waals surface area contributed by atoms with Crippen LogP contribution in [-0.2, 0) is 4.79 Å². The van der Waals surface area contributed by atoms with E-state index in [0.29, 0.717) is 5.91 Å². The molecule has 1 aromatic heterocycles. The van der Waals surface area contributed by atoms with Gasteiger partial charge in [0.05, 0.1) is 5.52 Å². The van der Waals surface area contributed by atoms with Crippen LogP contribution in [0.3, 0.4) is 0 Å². The third-order valence-electron chi connectivity index (χ3n) is 7.65. The van der Waals surface area contributed by atoms with E-state index in [0.717, 1.165) is 68.0 Å². The molecule has 5 rings (SSSR count). The SMILES string of the molecule is Cc1cccc([C@@H](C)Nc2nc(C)nc3ccc(C4=CCC(C(=O)N5CCN(C)CC5)CC4)cc23)c1. The van der Waals surface area contributed by atoms with Crippen molar-refractivity contribution in [3.05, 3.63) is 71.1 Å². The van der Waals surface area contributed by atoms with Crippen molar-refractivity contribution in [3.8, 4) is 0 Å². The van der Waals surface area contributed by atoms with Crippen LogP contribution in [0.5, 0.6) is 0 Å². The first kappa shape index (κ1) is 24.4. The molecule has 0 radical (unpaired) electrons. The van der Waals surface area contributed by atoms with Crippen molar-refractivity contribution in [2.75, 3.05) is 38.5 Å². The summed E-state index contributed by atoms with van der Waals surface area (Å²) in [6.07, 6.45) is 4.93. The zero-order valence-electron chi connectivity index (χ0n) is 21.9. The highest BCUT2D eigenvalue weighted by atomic mass is 16.2. The summed E-state index contributed by atoms with van der Waals surface area (Å²) in [5, 5.41) is 4.67. The van der Waals surface area contributed by atoms with E-state index in [2.05, 4.69) is 89.5 Å². The molecular formula is C30H37N5O. The number of fused-ring (bicyclic) bond motifs is 1. The van der Waals surface area contributed by atoms with Crippen LogP contribution >= 0.6 is 0 Å². The Labute approximate surface area is 214 Å². The minimum absolute atomic E-state index is 0.107. The van der Waals surface area contributed by atoms with E-state index < -0.39 is 0 Å². The number of piperazine rings is 1. The van der Waals surface area contributed by atoms with Crippen LogP contribution in [0.2, 0.25) is 0 Å². The zero-order chi connectivity index (χ0) is 25.2. The smallest absolute Gasteiger partial charge is 0.226 e. The number of amides is 1. The van der Waals surface area contributed by atoms with Crippen LogP contribution in [0.25, 0.3) is 16.5 Å². The number of allylic oxidation sites excluding steroid dienone is 2. The third kappa shape index (κ3) is 5.29. The second-order valence-corrected chi connectivity index (χ2v) is 10.5. The summed E-state index contributed by atoms with van der Waals surface area (Å²) in [6, 6.07) is 15.2. The highest BCUT2D eigenvalue weighted by Gasteiger charge is 2.28. The van der Waals surface area contributed by atoms with Gasteiger partial charge in [0.25, 0.3) is 0 Å². The van der Waals surface area contributed by atoms with Crippen molar-refractivity contribution >= 4 is 28.2 Å². The number of carbonyl (C=O) groups is 1. The van der Waals surface area contributed by atoms with E-state index in [9.17, 15) is 4.79 Å². The number of carbonyl (C=O) groups excluding carboxylic acids is 1. The summed E-state index contributed by atoms with van der Waals surface area (Å²) < 4.78 is 0. The first-order valence-corrected chi connectivity index (χ1v) is 13.2. The average Bonchev–Trinajstić information content (AvgIpc) is 2.88. The van der Waals surface area contributed by atoms with E-state index >= 15 is 0 Å². The van der Waals surface area contributed by atoms with Crippen LogP contribution in [0.4, 0.5) is 5.82 Å². The number of nitrogens with one attached hydrogen (secondary N) is 1. The molecular weight excluding hydrogens is 446 g/mol. The standard InChI is InChI=1S/C30H37N5O/c1-20-6-5-7-25(18-20)21(2)31-29-27-19-26(12-13-28(27)32-22(3)33-29)23-8-10-24(11-9-23)30(36)35-16-14-34(4)15-17-35/h5-8,12-13,18-19,21,24H,9-11,14-17H2,1-4H3,(H,31,32,33)/t21-,24?/m1/s1. The molecule has 1 aliphatic heterocycles. The molecule has 1 fully saturated rings. The molecule has 6 heteroatoms. The Morgan fingerprint density at radius 3 is 2.58 bits per heavy atom. The Kier molecular flexibility index (Phi) is 7.06. The molecule has 1 saturated heterocycles. The van der Waals surface area contributed by atoms with Crippen LogP contribution in [-0.4, -0.2) is 58.9 Å². The zero-order valence-corrected chi connectivity index (χ0v) is 21.9. The van der Waals surface area contributed by atoms with Gasteiger partial charge in [0.15, 0.2) is 0 Å². The first-order valence-electron chi connectivity index (χ1n) is 13.2. The van der Waals surface area contributed by atoms with Crippen LogP contribution in [0, 0.1) is 19.8 Å². The summed E-state index contributed by atoms with van der Waals surface area (Å²) in [6.45, 7) is 9.87. The van der Waals surface area contributed by atoms with E-state index in [1.54, 1.807) is 0 Å². The number of aryl methyl sites for hydroxylation is 2. The van der Waals surface area contributed by atoms with Gasteiger partial charge in [-0.15, -0.1) is 0 Å². The van der Waals surface area contributed by atoms with Crippen LogP contribution < -0.4 is 5.32 Å². The molecule has 188 valence electrons. The molecule has 2 atom stereocenters. The largest absolute Gasteiger partial charge is 0.363 e. The minimum atomic E-state index is 0.107. The van der Waals surface area contributed by atoms with E-state index in [1.807, 2.05) is 6.92 Å². The van der Waals surface area contributed by atoms with Gasteiger partial charge < -0.3 is 15.1 Å². The van der Waals surface area contributed by atoms with E-state index in [4.69, 9.17) is 4.98 Å². The normalized spacial score (nSPS) is 19.7. The summed E-state index contributed by atoms with van der Waals surface area (Å²) >= 11 is 0. The predicted octanol–water partition coefficient (Wildman–Crippen LogP) is 5.38. The lowest BCUT2D eigenvalue weighted by Gasteiger charge is -2.35. The number of anilines is 1. The number of aromatic nitrogens is 2. The Bertz CT molecular complexity index is 1290. The maximum atomic E-state index is 13.0. The van der Waals surface area contributed by atoms with Crippen LogP contribution in [0.15, 0.2) is 48.5 Å². The van der Waals surface area contributed by atoms with Crippen LogP contribution in [0.1, 0.15) is 54.7 Å². The van der Waals surface area contributed by atoms with Crippen molar-refractivity contribution in [3.63, 3.8) is 0 Å². The maximum Gasteiger partial charge on any atom is 0.226 e. The molecule has 2 heterocycles. The van der Waals surface area contributed by atoms with E-state index in [1.165, 1.54) is 22.3 Å². The molecule has 36 heavy (non-hydrogen) atoms. The fourth-order valence-corrected chi connectivity index (χ4v) is 5.39. The van der Waals surface area contributed by atoms with Crippen molar-refractivity contribution in [2.45, 2.75) is 46.1 Å². The van der Waals surface area contributed by atoms with Crippen molar-refractivity contribution in [1.29, 1.82) is 0 Å². The summed E-state index contributed by atoms with van der Waals surface area (Å²) in [7, 11) is 2.12. The Morgan fingerprint density at radius 2 is 1.86 bits per heavy atom. The highest BCUT2D eigenvalue weighted by molar-refractivity contribution is 5.92. The Morgan fingerprint density at radius 1 is 1.06 bits per heavy atom. The quantitative estimate of drug-likeness (QED) is 0.528. The van der Waals surface area contributed by atoms with Gasteiger partial charge in [0, 0.05) is 43.5 Å². The first-order chi connectivity index (χ1) is 17.4. The molecule has 6 nitrogen and oxygen atoms in total. The molecule has 2 aromatic carbocycles. The predicted molar refractivity (Wildman–Crippen MR) is 147 cm³/mol. The number of nitrogens with zero attached hydrogens (tertiary/aromatic N) is 4. The molecule has 1 aliphatic carbocycles. The fraction of sp³-hybridized carbons (Fsp3) is 0.433. The monoisotopic (exact) mass is 483 g/mol. The number of likely N-dealkylation sites (N-methyl/N-ethyl adjacent to an activating group) is 1. The molecule has 0 bridgehead atoms. The van der Waals surface area contributed by atoms with Gasteiger partial charge in [-0.1, -0.05) is 42.0 Å². The van der Waals surface area contributed by atoms with Crippen molar-refractivity contribution < 1.29 is 4.79 Å². The van der Waals surface area contributed by atoms with E-state index in [-0.39, 0.29) is 12.0 Å². The number of rotatable bonds is 5. The number of hydrogen-bond acceptors (Lipinski definition) is 5. The van der Waals surface area contributed by atoms with Gasteiger partial charge in [-0.2, -0.15) is 0 Å². The lowest BCUT2D eigenvalue weighted by molar-refractivity contribution is -0.137. The second-order valence-electron chi connectivity index (χ2n) is 10.5. The van der Waals surface area contributed by atoms with Crippen molar-refractivity contribution in [2.24, 2.45) is 5.92 Å². The molecule has 1 unspecified atom stereocenters.